The van der Waals surface area contributed by atoms with Crippen LogP contribution in [0.2, 0.25) is 0 Å². The van der Waals surface area contributed by atoms with E-state index in [4.69, 9.17) is 25.2 Å². The Morgan fingerprint density at radius 2 is 1.75 bits per heavy atom. The third-order valence-corrected chi connectivity index (χ3v) is 8.30. The number of aromatic nitrogens is 2. The van der Waals surface area contributed by atoms with Gasteiger partial charge in [0.05, 0.1) is 14.2 Å². The van der Waals surface area contributed by atoms with E-state index in [1.54, 1.807) is 0 Å². The van der Waals surface area contributed by atoms with Crippen molar-refractivity contribution in [3.63, 3.8) is 0 Å². The normalized spacial score (nSPS) is 25.1. The third kappa shape index (κ3) is 4.83. The molecule has 2 atom stereocenters. The number of carbonyl (C=O) groups is 2. The van der Waals surface area contributed by atoms with Crippen molar-refractivity contribution in [2.24, 2.45) is 0 Å². The summed E-state index contributed by atoms with van der Waals surface area (Å²) < 4.78 is 36.4. The van der Waals surface area contributed by atoms with Crippen molar-refractivity contribution in [1.29, 1.82) is 0 Å². The first-order chi connectivity index (χ1) is 16.9. The van der Waals surface area contributed by atoms with Crippen molar-refractivity contribution >= 4 is 19.6 Å². The highest BCUT2D eigenvalue weighted by atomic mass is 31.2. The highest BCUT2D eigenvalue weighted by Crippen LogP contribution is 2.54. The zero-order chi connectivity index (χ0) is 26.4. The predicted octanol–water partition coefficient (Wildman–Crippen LogP) is 0.0171. The molecule has 2 aliphatic carbocycles. The monoisotopic (exact) mass is 522 g/mol. The topological polar surface area (TPSA) is 167 Å². The lowest BCUT2D eigenvalue weighted by molar-refractivity contribution is -0.144. The van der Waals surface area contributed by atoms with Gasteiger partial charge in [0.2, 0.25) is 0 Å². The Morgan fingerprint density at radius 1 is 1.19 bits per heavy atom. The minimum absolute atomic E-state index is 0.286. The number of hydrogen-bond donors (Lipinski definition) is 3. The molecule has 0 spiro atoms. The van der Waals surface area contributed by atoms with E-state index in [1.165, 1.54) is 39.5 Å². The number of rotatable bonds is 10. The summed E-state index contributed by atoms with van der Waals surface area (Å²) in [6.07, 6.45) is 10.5. The maximum absolute atomic E-state index is 14.0. The molecule has 194 valence electrons. The number of methoxy groups -OCH3 is 2. The summed E-state index contributed by atoms with van der Waals surface area (Å²) in [5.41, 5.74) is -4.95. The summed E-state index contributed by atoms with van der Waals surface area (Å²) in [6.45, 7) is 1.07. The molecule has 2 saturated carbocycles. The van der Waals surface area contributed by atoms with Crippen LogP contribution in [0, 0.1) is 19.3 Å². The van der Waals surface area contributed by atoms with Gasteiger partial charge in [-0.3, -0.25) is 28.5 Å². The zero-order valence-electron chi connectivity index (χ0n) is 20.0. The fourth-order valence-corrected chi connectivity index (χ4v) is 6.18. The Hall–Kier alpha value is -3.01. The molecule has 4 rings (SSSR count). The molecular formula is C22H27N4O9P. The molecule has 2 heterocycles. The smallest absolute Gasteiger partial charge is 0.342 e. The summed E-state index contributed by atoms with van der Waals surface area (Å²) >= 11 is 0. The number of terminal acetylenes is 1. The lowest BCUT2D eigenvalue weighted by Crippen LogP contribution is -2.47. The average Bonchev–Trinajstić information content (AvgIpc) is 3.77. The molecule has 36 heavy (non-hydrogen) atoms. The number of H-pyrrole nitrogens is 1. The average molecular weight is 522 g/mol. The van der Waals surface area contributed by atoms with E-state index in [2.05, 4.69) is 21.1 Å². The standard InChI is InChI=1S/C22H27N4O9P/c1-5-20(7-6-15(35-20)26-12-14(2)16(27)23-19(26)30)13-34-36(31,24-21(8-9-21)17(28)32-3)25-22(10-11-22)18(29)33-4/h1,6-7,12,15H,8-11,13H2,2-4H3,(H,23,27,30)(H2,24,25,31)/t15-,20+/m1/s1. The van der Waals surface area contributed by atoms with E-state index in [9.17, 15) is 23.7 Å². The Labute approximate surface area is 206 Å². The van der Waals surface area contributed by atoms with Crippen LogP contribution in [0.4, 0.5) is 0 Å². The second kappa shape index (κ2) is 9.14. The molecule has 1 aromatic rings. The van der Waals surface area contributed by atoms with Gasteiger partial charge in [0.15, 0.2) is 11.8 Å². The quantitative estimate of drug-likeness (QED) is 0.164. The largest absolute Gasteiger partial charge is 0.468 e. The lowest BCUT2D eigenvalue weighted by Gasteiger charge is -2.31. The van der Waals surface area contributed by atoms with Crippen LogP contribution in [-0.2, 0) is 32.9 Å². The van der Waals surface area contributed by atoms with Gasteiger partial charge in [0.25, 0.3) is 5.56 Å². The van der Waals surface area contributed by atoms with Crippen molar-refractivity contribution in [2.45, 2.75) is 55.5 Å². The number of nitrogens with zero attached hydrogens (tertiary/aromatic N) is 1. The van der Waals surface area contributed by atoms with Crippen LogP contribution < -0.4 is 21.4 Å². The van der Waals surface area contributed by atoms with Crippen LogP contribution >= 0.6 is 7.67 Å². The number of ether oxygens (including phenoxy) is 3. The molecular weight excluding hydrogens is 495 g/mol. The highest BCUT2D eigenvalue weighted by Gasteiger charge is 2.60. The number of esters is 2. The van der Waals surface area contributed by atoms with Crippen LogP contribution in [-0.4, -0.2) is 59.0 Å². The number of aromatic amines is 1. The first-order valence-electron chi connectivity index (χ1n) is 11.1. The minimum Gasteiger partial charge on any atom is -0.468 e. The summed E-state index contributed by atoms with van der Waals surface area (Å²) in [5, 5.41) is 5.47. The van der Waals surface area contributed by atoms with Gasteiger partial charge in [0, 0.05) is 11.8 Å². The second-order valence-electron chi connectivity index (χ2n) is 9.08. The van der Waals surface area contributed by atoms with Crippen LogP contribution in [0.1, 0.15) is 37.5 Å². The van der Waals surface area contributed by atoms with Crippen molar-refractivity contribution in [3.8, 4) is 12.3 Å². The SMILES string of the molecule is C#C[C@@]1(COP(=O)(NC2(C(=O)OC)CC2)NC2(C(=O)OC)CC2)C=C[C@H](n2cc(C)c(=O)[nH]c2=O)O1. The molecule has 3 N–H and O–H groups in total. The van der Waals surface area contributed by atoms with Crippen LogP contribution in [0.3, 0.4) is 0 Å². The van der Waals surface area contributed by atoms with E-state index in [1.807, 2.05) is 0 Å². The molecule has 0 radical (unpaired) electrons. The molecule has 13 nitrogen and oxygen atoms in total. The van der Waals surface area contributed by atoms with E-state index < -0.39 is 60.4 Å². The van der Waals surface area contributed by atoms with Gasteiger partial charge in [-0.05, 0) is 44.8 Å². The summed E-state index contributed by atoms with van der Waals surface area (Å²) in [6, 6.07) is 0. The Kier molecular flexibility index (Phi) is 6.61. The van der Waals surface area contributed by atoms with E-state index in [0.717, 1.165) is 4.57 Å². The van der Waals surface area contributed by atoms with Crippen LogP contribution in [0.25, 0.3) is 0 Å². The molecule has 1 aromatic heterocycles. The minimum atomic E-state index is -4.12. The molecule has 0 aromatic carbocycles. The van der Waals surface area contributed by atoms with Gasteiger partial charge in [0.1, 0.15) is 17.7 Å². The maximum Gasteiger partial charge on any atom is 0.342 e. The van der Waals surface area contributed by atoms with Crippen molar-refractivity contribution in [2.75, 3.05) is 20.8 Å². The number of carbonyl (C=O) groups excluding carboxylic acids is 2. The van der Waals surface area contributed by atoms with Crippen LogP contribution in [0.5, 0.6) is 0 Å². The molecule has 0 bridgehead atoms. The lowest BCUT2D eigenvalue weighted by atomic mass is 10.1. The molecule has 3 aliphatic rings. The molecule has 14 heteroatoms. The van der Waals surface area contributed by atoms with Crippen LogP contribution in [0.15, 0.2) is 27.9 Å². The van der Waals surface area contributed by atoms with E-state index in [0.29, 0.717) is 25.7 Å². The summed E-state index contributed by atoms with van der Waals surface area (Å²) in [7, 11) is -1.70. The molecule has 0 amide bonds. The molecule has 1 aliphatic heterocycles. The van der Waals surface area contributed by atoms with Gasteiger partial charge in [-0.15, -0.1) is 6.42 Å². The zero-order valence-corrected chi connectivity index (χ0v) is 20.9. The fraction of sp³-hybridized carbons (Fsp3) is 0.545. The summed E-state index contributed by atoms with van der Waals surface area (Å²) in [5.74, 6) is 1.20. The fourth-order valence-electron chi connectivity index (χ4n) is 3.87. The summed E-state index contributed by atoms with van der Waals surface area (Å²) in [4.78, 5) is 50.7. The first-order valence-corrected chi connectivity index (χ1v) is 12.7. The first kappa shape index (κ1) is 26.1. The Bertz CT molecular complexity index is 1280. The number of hydrogen-bond acceptors (Lipinski definition) is 9. The van der Waals surface area contributed by atoms with Gasteiger partial charge in [-0.1, -0.05) is 5.92 Å². The molecule has 2 fully saturated rings. The van der Waals surface area contributed by atoms with Crippen molar-refractivity contribution < 1.29 is 32.9 Å². The third-order valence-electron chi connectivity index (χ3n) is 6.36. The highest BCUT2D eigenvalue weighted by molar-refractivity contribution is 7.55. The van der Waals surface area contributed by atoms with Gasteiger partial charge < -0.3 is 18.7 Å². The number of nitrogens with one attached hydrogen (secondary N) is 3. The van der Waals surface area contributed by atoms with Gasteiger partial charge in [-0.2, -0.15) is 0 Å². The molecule has 0 unspecified atom stereocenters. The number of aryl methyl sites for hydroxylation is 1. The maximum atomic E-state index is 14.0. The van der Waals surface area contributed by atoms with Gasteiger partial charge >= 0.3 is 25.3 Å². The Balaban J connectivity index is 1.55. The Morgan fingerprint density at radius 3 is 2.22 bits per heavy atom. The second-order valence-corrected chi connectivity index (χ2v) is 10.9. The predicted molar refractivity (Wildman–Crippen MR) is 125 cm³/mol. The van der Waals surface area contributed by atoms with Crippen molar-refractivity contribution in [1.82, 2.24) is 19.7 Å². The van der Waals surface area contributed by atoms with E-state index in [-0.39, 0.29) is 5.56 Å². The van der Waals surface area contributed by atoms with Crippen molar-refractivity contribution in [3.05, 3.63) is 44.8 Å². The van der Waals surface area contributed by atoms with E-state index >= 15 is 0 Å². The van der Waals surface area contributed by atoms with Gasteiger partial charge in [-0.25, -0.2) is 15.0 Å². The molecule has 0 saturated heterocycles.